The van der Waals surface area contributed by atoms with E-state index in [1.165, 1.54) is 25.0 Å². The van der Waals surface area contributed by atoms with Gasteiger partial charge in [-0.25, -0.2) is 0 Å². The molecule has 1 saturated carbocycles. The Kier molecular flexibility index (Phi) is 3.64. The van der Waals surface area contributed by atoms with Crippen LogP contribution in [0.3, 0.4) is 0 Å². The minimum absolute atomic E-state index is 0.0361. The van der Waals surface area contributed by atoms with Gasteiger partial charge in [0.15, 0.2) is 0 Å². The maximum atomic E-state index is 10.6. The van der Waals surface area contributed by atoms with Crippen LogP contribution in [-0.2, 0) is 6.54 Å². The molecular weight excluding hydrogens is 240 g/mol. The van der Waals surface area contributed by atoms with Crippen molar-refractivity contribution < 1.29 is 4.92 Å². The maximum Gasteiger partial charge on any atom is 0.270 e. The quantitative estimate of drug-likeness (QED) is 0.649. The van der Waals surface area contributed by atoms with Gasteiger partial charge >= 0.3 is 0 Å². The monoisotopic (exact) mass is 254 g/mol. The lowest BCUT2D eigenvalue weighted by Gasteiger charge is -2.13. The summed E-state index contributed by atoms with van der Waals surface area (Å²) in [7, 11) is 0. The first kappa shape index (κ1) is 12.3. The number of nitro groups is 1. The molecule has 1 fully saturated rings. The zero-order chi connectivity index (χ0) is 12.4. The number of nitro benzene ring substituents is 1. The molecular formula is C12H15ClN2O2. The highest BCUT2D eigenvalue weighted by atomic mass is 35.5. The molecule has 1 atom stereocenters. The van der Waals surface area contributed by atoms with E-state index in [1.807, 2.05) is 0 Å². The zero-order valence-corrected chi connectivity index (χ0v) is 10.4. The molecule has 17 heavy (non-hydrogen) atoms. The number of halogens is 1. The van der Waals surface area contributed by atoms with Crippen LogP contribution in [-0.4, -0.2) is 11.0 Å². The molecule has 0 radical (unpaired) electrons. The normalized spacial score (nSPS) is 16.8. The second-order valence-electron chi connectivity index (χ2n) is 4.54. The van der Waals surface area contributed by atoms with Crippen molar-refractivity contribution in [2.45, 2.75) is 32.4 Å². The van der Waals surface area contributed by atoms with Crippen molar-refractivity contribution in [3.63, 3.8) is 0 Å². The first-order valence-electron chi connectivity index (χ1n) is 5.74. The van der Waals surface area contributed by atoms with E-state index >= 15 is 0 Å². The van der Waals surface area contributed by atoms with E-state index in [2.05, 4.69) is 12.2 Å². The topological polar surface area (TPSA) is 55.2 Å². The van der Waals surface area contributed by atoms with Gasteiger partial charge in [0.1, 0.15) is 0 Å². The molecule has 0 spiro atoms. The molecule has 0 aliphatic heterocycles. The molecule has 1 N–H and O–H groups in total. The fraction of sp³-hybridized carbons (Fsp3) is 0.500. The van der Waals surface area contributed by atoms with Crippen molar-refractivity contribution in [3.05, 3.63) is 38.9 Å². The zero-order valence-electron chi connectivity index (χ0n) is 9.65. The number of non-ortho nitro benzene ring substituents is 1. The van der Waals surface area contributed by atoms with Crippen LogP contribution in [0.1, 0.15) is 25.3 Å². The minimum atomic E-state index is -0.435. The van der Waals surface area contributed by atoms with Gasteiger partial charge in [-0.1, -0.05) is 11.6 Å². The van der Waals surface area contributed by atoms with Gasteiger partial charge in [0.25, 0.3) is 5.69 Å². The standard InChI is InChI=1S/C12H15ClN2O2/c1-8(9-2-3-9)14-7-10-4-5-11(15(16)17)6-12(10)13/h4-6,8-9,14H,2-3,7H2,1H3. The lowest BCUT2D eigenvalue weighted by molar-refractivity contribution is -0.384. The fourth-order valence-electron chi connectivity index (χ4n) is 1.83. The second kappa shape index (κ2) is 5.02. The van der Waals surface area contributed by atoms with Gasteiger partial charge in [-0.15, -0.1) is 0 Å². The summed E-state index contributed by atoms with van der Waals surface area (Å²) in [5.74, 6) is 0.784. The van der Waals surface area contributed by atoms with E-state index in [1.54, 1.807) is 6.07 Å². The third-order valence-electron chi connectivity index (χ3n) is 3.19. The van der Waals surface area contributed by atoms with E-state index in [4.69, 9.17) is 11.6 Å². The average Bonchev–Trinajstić information content (AvgIpc) is 3.10. The van der Waals surface area contributed by atoms with Crippen molar-refractivity contribution in [1.82, 2.24) is 5.32 Å². The summed E-state index contributed by atoms with van der Waals surface area (Å²) in [6.07, 6.45) is 2.59. The van der Waals surface area contributed by atoms with Gasteiger partial charge in [-0.3, -0.25) is 10.1 Å². The summed E-state index contributed by atoms with van der Waals surface area (Å²) >= 11 is 6.01. The Balaban J connectivity index is 1.98. The summed E-state index contributed by atoms with van der Waals surface area (Å²) in [5.41, 5.74) is 0.943. The second-order valence-corrected chi connectivity index (χ2v) is 4.95. The highest BCUT2D eigenvalue weighted by molar-refractivity contribution is 6.31. The molecule has 1 aromatic rings. The Bertz CT molecular complexity index is 433. The van der Waals surface area contributed by atoms with E-state index in [9.17, 15) is 10.1 Å². The number of rotatable bonds is 5. The van der Waals surface area contributed by atoms with Crippen molar-refractivity contribution in [2.24, 2.45) is 5.92 Å². The first-order valence-corrected chi connectivity index (χ1v) is 6.12. The SMILES string of the molecule is CC(NCc1ccc([N+](=O)[O-])cc1Cl)C1CC1. The Hall–Kier alpha value is -1.13. The van der Waals surface area contributed by atoms with Crippen LogP contribution < -0.4 is 5.32 Å². The summed E-state index contributed by atoms with van der Waals surface area (Å²) in [4.78, 5) is 10.1. The molecule has 92 valence electrons. The van der Waals surface area contributed by atoms with E-state index in [-0.39, 0.29) is 5.69 Å². The predicted molar refractivity (Wildman–Crippen MR) is 67.1 cm³/mol. The lowest BCUT2D eigenvalue weighted by Crippen LogP contribution is -2.27. The van der Waals surface area contributed by atoms with Crippen LogP contribution >= 0.6 is 11.6 Å². The van der Waals surface area contributed by atoms with Gasteiger partial charge in [-0.05, 0) is 37.3 Å². The number of benzene rings is 1. The van der Waals surface area contributed by atoms with Crippen LogP contribution in [0.4, 0.5) is 5.69 Å². The Morgan fingerprint density at radius 3 is 2.82 bits per heavy atom. The minimum Gasteiger partial charge on any atom is -0.310 e. The molecule has 4 nitrogen and oxygen atoms in total. The van der Waals surface area contributed by atoms with Crippen LogP contribution in [0.5, 0.6) is 0 Å². The van der Waals surface area contributed by atoms with Crippen LogP contribution in [0.15, 0.2) is 18.2 Å². The Morgan fingerprint density at radius 1 is 1.59 bits per heavy atom. The van der Waals surface area contributed by atoms with Gasteiger partial charge < -0.3 is 5.32 Å². The van der Waals surface area contributed by atoms with Crippen LogP contribution in [0, 0.1) is 16.0 Å². The average molecular weight is 255 g/mol. The van der Waals surface area contributed by atoms with Gasteiger partial charge in [0, 0.05) is 24.7 Å². The van der Waals surface area contributed by atoms with E-state index in [0.717, 1.165) is 11.5 Å². The van der Waals surface area contributed by atoms with Crippen molar-refractivity contribution in [1.29, 1.82) is 0 Å². The highest BCUT2D eigenvalue weighted by Gasteiger charge is 2.27. The Morgan fingerprint density at radius 2 is 2.29 bits per heavy atom. The lowest BCUT2D eigenvalue weighted by atomic mass is 10.1. The molecule has 2 rings (SSSR count). The van der Waals surface area contributed by atoms with Crippen LogP contribution in [0.2, 0.25) is 5.02 Å². The fourth-order valence-corrected chi connectivity index (χ4v) is 2.07. The Labute approximate surface area is 105 Å². The number of nitrogens with zero attached hydrogens (tertiary/aromatic N) is 1. The predicted octanol–water partition coefficient (Wildman–Crippen LogP) is 3.14. The molecule has 0 saturated heterocycles. The smallest absolute Gasteiger partial charge is 0.270 e. The summed E-state index contributed by atoms with van der Waals surface area (Å²) in [5, 5.41) is 14.4. The molecule has 1 unspecified atom stereocenters. The molecule has 0 aromatic heterocycles. The molecule has 1 aliphatic carbocycles. The van der Waals surface area contributed by atoms with E-state index in [0.29, 0.717) is 17.6 Å². The largest absolute Gasteiger partial charge is 0.310 e. The molecule has 0 amide bonds. The molecule has 1 aliphatic rings. The highest BCUT2D eigenvalue weighted by Crippen LogP contribution is 2.32. The maximum absolute atomic E-state index is 10.6. The first-order chi connectivity index (χ1) is 8.08. The number of nitrogens with one attached hydrogen (secondary N) is 1. The van der Waals surface area contributed by atoms with E-state index < -0.39 is 4.92 Å². The van der Waals surface area contributed by atoms with Crippen molar-refractivity contribution in [3.8, 4) is 0 Å². The van der Waals surface area contributed by atoms with Crippen LogP contribution in [0.25, 0.3) is 0 Å². The molecule has 0 bridgehead atoms. The van der Waals surface area contributed by atoms with Gasteiger partial charge in [0.05, 0.1) is 9.95 Å². The molecule has 5 heteroatoms. The third kappa shape index (κ3) is 3.17. The van der Waals surface area contributed by atoms with Gasteiger partial charge in [0.2, 0.25) is 0 Å². The summed E-state index contributed by atoms with van der Waals surface area (Å²) < 4.78 is 0. The summed E-state index contributed by atoms with van der Waals surface area (Å²) in [6, 6.07) is 5.10. The number of hydrogen-bond donors (Lipinski definition) is 1. The van der Waals surface area contributed by atoms with Crippen molar-refractivity contribution >= 4 is 17.3 Å². The van der Waals surface area contributed by atoms with Gasteiger partial charge in [-0.2, -0.15) is 0 Å². The van der Waals surface area contributed by atoms with Crippen molar-refractivity contribution in [2.75, 3.05) is 0 Å². The third-order valence-corrected chi connectivity index (χ3v) is 3.54. The molecule has 1 aromatic carbocycles. The summed E-state index contributed by atoms with van der Waals surface area (Å²) in [6.45, 7) is 2.82. The number of hydrogen-bond acceptors (Lipinski definition) is 3. The molecule has 0 heterocycles.